The lowest BCUT2D eigenvalue weighted by atomic mass is 10.3. The molecule has 0 atom stereocenters. The molecular weight excluding hydrogens is 269 g/mol. The summed E-state index contributed by atoms with van der Waals surface area (Å²) in [4.78, 5) is 3.89. The summed E-state index contributed by atoms with van der Waals surface area (Å²) in [6, 6.07) is 0. The summed E-state index contributed by atoms with van der Waals surface area (Å²) in [5, 5.41) is 2.04. The molecule has 11 heavy (non-hydrogen) atoms. The minimum Gasteiger partial charge on any atom is -0.268 e. The summed E-state index contributed by atoms with van der Waals surface area (Å²) >= 11 is 3.94. The molecule has 0 bridgehead atoms. The molecule has 0 rings (SSSR count). The van der Waals surface area contributed by atoms with Gasteiger partial charge in [0.25, 0.3) is 0 Å². The van der Waals surface area contributed by atoms with Gasteiger partial charge in [-0.3, -0.25) is 4.99 Å². The summed E-state index contributed by atoms with van der Waals surface area (Å²) in [7, 11) is 0. The van der Waals surface area contributed by atoms with Gasteiger partial charge in [-0.2, -0.15) is 0 Å². The Morgan fingerprint density at radius 1 is 1.73 bits per heavy atom. The zero-order valence-electron chi connectivity index (χ0n) is 6.64. The van der Waals surface area contributed by atoms with Crippen molar-refractivity contribution < 1.29 is 0 Å². The fraction of sp³-hybridized carbons (Fsp3) is 0.375. The van der Waals surface area contributed by atoms with Gasteiger partial charge in [0.2, 0.25) is 0 Å². The van der Waals surface area contributed by atoms with Gasteiger partial charge >= 0.3 is 0 Å². The second-order valence-electron chi connectivity index (χ2n) is 1.92. The number of halogens is 1. The summed E-state index contributed by atoms with van der Waals surface area (Å²) in [6.07, 6.45) is 0.830. The van der Waals surface area contributed by atoms with Crippen LogP contribution >= 0.6 is 34.4 Å². The SMILES string of the molecule is C=N/C(=C\SCC)CC(=C)I. The number of hydrogen-bond acceptors (Lipinski definition) is 2. The number of aliphatic imine (C=N–C) groups is 1. The van der Waals surface area contributed by atoms with E-state index in [4.69, 9.17) is 0 Å². The minimum atomic E-state index is 0.830. The van der Waals surface area contributed by atoms with Crippen molar-refractivity contribution in [2.45, 2.75) is 13.3 Å². The molecule has 0 radical (unpaired) electrons. The van der Waals surface area contributed by atoms with Crippen LogP contribution in [0.3, 0.4) is 0 Å². The Labute approximate surface area is 86.2 Å². The van der Waals surface area contributed by atoms with Crippen molar-refractivity contribution in [2.24, 2.45) is 4.99 Å². The Bertz CT molecular complexity index is 175. The third-order valence-corrected chi connectivity index (χ3v) is 2.12. The van der Waals surface area contributed by atoms with E-state index in [-0.39, 0.29) is 0 Å². The maximum atomic E-state index is 3.89. The molecule has 0 aliphatic heterocycles. The summed E-state index contributed by atoms with van der Waals surface area (Å²) in [5.74, 6) is 1.08. The highest BCUT2D eigenvalue weighted by Gasteiger charge is 1.93. The Kier molecular flexibility index (Phi) is 7.06. The average molecular weight is 281 g/mol. The number of thioether (sulfide) groups is 1. The average Bonchev–Trinajstić information content (AvgIpc) is 1.97. The second kappa shape index (κ2) is 6.91. The van der Waals surface area contributed by atoms with E-state index in [1.807, 2.05) is 5.41 Å². The molecule has 0 aromatic heterocycles. The van der Waals surface area contributed by atoms with Crippen LogP contribution in [0, 0.1) is 0 Å². The Morgan fingerprint density at radius 2 is 2.36 bits per heavy atom. The molecule has 0 saturated carbocycles. The van der Waals surface area contributed by atoms with E-state index in [1.165, 1.54) is 0 Å². The molecule has 3 heteroatoms. The van der Waals surface area contributed by atoms with Gasteiger partial charge in [0, 0.05) is 6.42 Å². The normalized spacial score (nSPS) is 11.3. The van der Waals surface area contributed by atoms with E-state index in [0.29, 0.717) is 0 Å². The van der Waals surface area contributed by atoms with Crippen LogP contribution < -0.4 is 0 Å². The van der Waals surface area contributed by atoms with Crippen molar-refractivity contribution in [1.29, 1.82) is 0 Å². The number of nitrogens with zero attached hydrogens (tertiary/aromatic N) is 1. The molecule has 0 spiro atoms. The standard InChI is InChI=1S/C8H12INS/c1-4-11-6-8(10-3)5-7(2)9/h6H,2-5H2,1H3/b8-6-. The fourth-order valence-corrected chi connectivity index (χ4v) is 1.42. The third kappa shape index (κ3) is 6.62. The van der Waals surface area contributed by atoms with Gasteiger partial charge in [0.1, 0.15) is 0 Å². The van der Waals surface area contributed by atoms with Crippen LogP contribution in [0.1, 0.15) is 13.3 Å². The van der Waals surface area contributed by atoms with Crippen LogP contribution in [0.2, 0.25) is 0 Å². The van der Waals surface area contributed by atoms with E-state index in [1.54, 1.807) is 11.8 Å². The van der Waals surface area contributed by atoms with E-state index in [9.17, 15) is 0 Å². The van der Waals surface area contributed by atoms with Crippen molar-refractivity contribution >= 4 is 41.1 Å². The molecular formula is C8H12INS. The first-order valence-corrected chi connectivity index (χ1v) is 5.44. The monoisotopic (exact) mass is 281 g/mol. The van der Waals surface area contributed by atoms with Gasteiger partial charge in [0.05, 0.1) is 5.70 Å². The minimum absolute atomic E-state index is 0.830. The van der Waals surface area contributed by atoms with Gasteiger partial charge < -0.3 is 0 Å². The van der Waals surface area contributed by atoms with E-state index < -0.39 is 0 Å². The first-order valence-electron chi connectivity index (χ1n) is 3.31. The van der Waals surface area contributed by atoms with Crippen molar-refractivity contribution in [2.75, 3.05) is 5.75 Å². The largest absolute Gasteiger partial charge is 0.268 e. The molecule has 0 unspecified atom stereocenters. The molecule has 0 aliphatic rings. The summed E-state index contributed by atoms with van der Waals surface area (Å²) in [5.41, 5.74) is 1.01. The molecule has 0 aromatic carbocycles. The zero-order chi connectivity index (χ0) is 8.69. The third-order valence-electron chi connectivity index (χ3n) is 0.962. The van der Waals surface area contributed by atoms with Crippen LogP contribution in [0.15, 0.2) is 26.3 Å². The Morgan fingerprint density at radius 3 is 2.73 bits per heavy atom. The summed E-state index contributed by atoms with van der Waals surface area (Å²) in [6.45, 7) is 9.40. The molecule has 0 amide bonds. The van der Waals surface area contributed by atoms with Crippen LogP contribution in [-0.2, 0) is 0 Å². The predicted octanol–water partition coefficient (Wildman–Crippen LogP) is 3.62. The highest BCUT2D eigenvalue weighted by Crippen LogP contribution is 2.18. The number of rotatable bonds is 5. The molecule has 0 N–H and O–H groups in total. The van der Waals surface area contributed by atoms with Gasteiger partial charge in [-0.25, -0.2) is 0 Å². The van der Waals surface area contributed by atoms with Gasteiger partial charge in [-0.05, 0) is 44.0 Å². The summed E-state index contributed by atoms with van der Waals surface area (Å²) < 4.78 is 1.10. The van der Waals surface area contributed by atoms with E-state index >= 15 is 0 Å². The van der Waals surface area contributed by atoms with Crippen LogP contribution in [-0.4, -0.2) is 12.5 Å². The maximum absolute atomic E-state index is 3.89. The lowest BCUT2D eigenvalue weighted by molar-refractivity contribution is 1.18. The van der Waals surface area contributed by atoms with Gasteiger partial charge in [-0.1, -0.05) is 13.5 Å². The van der Waals surface area contributed by atoms with Crippen molar-refractivity contribution in [3.05, 3.63) is 21.3 Å². The highest BCUT2D eigenvalue weighted by molar-refractivity contribution is 14.1. The smallest absolute Gasteiger partial charge is 0.0507 e. The molecule has 0 aromatic rings. The van der Waals surface area contributed by atoms with Crippen molar-refractivity contribution in [3.8, 4) is 0 Å². The van der Waals surface area contributed by atoms with Crippen LogP contribution in [0.25, 0.3) is 0 Å². The quantitative estimate of drug-likeness (QED) is 0.554. The first kappa shape index (κ1) is 11.2. The first-order chi connectivity index (χ1) is 5.20. The number of allylic oxidation sites excluding steroid dienone is 1. The van der Waals surface area contributed by atoms with E-state index in [2.05, 4.69) is 47.8 Å². The van der Waals surface area contributed by atoms with E-state index in [0.717, 1.165) is 21.5 Å². The fourth-order valence-electron chi connectivity index (χ4n) is 0.511. The lowest BCUT2D eigenvalue weighted by Gasteiger charge is -1.97. The Hall–Kier alpha value is 0.230. The second-order valence-corrected chi connectivity index (χ2v) is 4.59. The number of hydrogen-bond donors (Lipinski definition) is 0. The van der Waals surface area contributed by atoms with Crippen LogP contribution in [0.4, 0.5) is 0 Å². The van der Waals surface area contributed by atoms with Crippen LogP contribution in [0.5, 0.6) is 0 Å². The lowest BCUT2D eigenvalue weighted by Crippen LogP contribution is -1.76. The predicted molar refractivity (Wildman–Crippen MR) is 63.5 cm³/mol. The molecule has 0 fully saturated rings. The molecule has 0 saturated heterocycles. The zero-order valence-corrected chi connectivity index (χ0v) is 9.61. The Balaban J connectivity index is 3.93. The molecule has 1 nitrogen and oxygen atoms in total. The highest BCUT2D eigenvalue weighted by atomic mass is 127. The molecule has 0 heterocycles. The van der Waals surface area contributed by atoms with Crippen molar-refractivity contribution in [3.63, 3.8) is 0 Å². The van der Waals surface area contributed by atoms with Gasteiger partial charge in [-0.15, -0.1) is 11.8 Å². The molecule has 62 valence electrons. The molecule has 0 aliphatic carbocycles. The topological polar surface area (TPSA) is 12.4 Å². The van der Waals surface area contributed by atoms with Crippen molar-refractivity contribution in [1.82, 2.24) is 0 Å². The van der Waals surface area contributed by atoms with Gasteiger partial charge in [0.15, 0.2) is 0 Å². The maximum Gasteiger partial charge on any atom is 0.0507 e.